The van der Waals surface area contributed by atoms with Gasteiger partial charge in [-0.2, -0.15) is 5.10 Å². The molecule has 1 atom stereocenters. The van der Waals surface area contributed by atoms with Gasteiger partial charge in [-0.25, -0.2) is 9.67 Å². The average molecular weight is 353 g/mol. The molecule has 1 N–H and O–H groups in total. The number of ether oxygens (including phenoxy) is 2. The number of hydrogen-bond donors (Lipinski definition) is 1. The minimum Gasteiger partial charge on any atom is -0.497 e. The first kappa shape index (κ1) is 17.7. The summed E-state index contributed by atoms with van der Waals surface area (Å²) in [6.07, 6.45) is 3.35. The quantitative estimate of drug-likeness (QED) is 0.703. The van der Waals surface area contributed by atoms with E-state index >= 15 is 0 Å². The van der Waals surface area contributed by atoms with Crippen LogP contribution in [0, 0.1) is 13.8 Å². The molecule has 0 saturated heterocycles. The van der Waals surface area contributed by atoms with Gasteiger partial charge < -0.3 is 14.8 Å². The summed E-state index contributed by atoms with van der Waals surface area (Å²) in [6, 6.07) is 9.53. The molecule has 0 bridgehead atoms. The van der Waals surface area contributed by atoms with E-state index < -0.39 is 0 Å². The van der Waals surface area contributed by atoms with Gasteiger partial charge >= 0.3 is 0 Å². The number of hydrogen-bond acceptors (Lipinski definition) is 6. The van der Waals surface area contributed by atoms with Gasteiger partial charge in [0, 0.05) is 5.69 Å². The van der Waals surface area contributed by atoms with Crippen LogP contribution in [0.3, 0.4) is 0 Å². The molecule has 0 fully saturated rings. The van der Waals surface area contributed by atoms with Crippen LogP contribution >= 0.6 is 0 Å². The Kier molecular flexibility index (Phi) is 5.36. The van der Waals surface area contributed by atoms with Crippen LogP contribution in [0.1, 0.15) is 18.3 Å². The second kappa shape index (κ2) is 7.86. The van der Waals surface area contributed by atoms with Crippen LogP contribution in [-0.4, -0.2) is 39.5 Å². The largest absolute Gasteiger partial charge is 0.497 e. The van der Waals surface area contributed by atoms with E-state index in [4.69, 9.17) is 9.47 Å². The molecule has 136 valence electrons. The van der Waals surface area contributed by atoms with E-state index in [0.717, 1.165) is 22.9 Å². The first-order valence-corrected chi connectivity index (χ1v) is 8.45. The molecule has 0 aliphatic heterocycles. The van der Waals surface area contributed by atoms with Gasteiger partial charge in [-0.15, -0.1) is 0 Å². The van der Waals surface area contributed by atoms with Gasteiger partial charge in [0.25, 0.3) is 0 Å². The molecule has 2 heterocycles. The summed E-state index contributed by atoms with van der Waals surface area (Å²) in [7, 11) is 1.64. The minimum absolute atomic E-state index is 0.0393. The topological polar surface area (TPSA) is 74.1 Å². The Morgan fingerprint density at radius 1 is 1.12 bits per heavy atom. The average Bonchev–Trinajstić information content (AvgIpc) is 2.99. The Morgan fingerprint density at radius 3 is 2.50 bits per heavy atom. The number of rotatable bonds is 7. The normalized spacial score (nSPS) is 11.8. The van der Waals surface area contributed by atoms with Crippen LogP contribution in [0.5, 0.6) is 11.5 Å². The second-order valence-electron chi connectivity index (χ2n) is 6.09. The number of aryl methyl sites for hydroxylation is 2. The van der Waals surface area contributed by atoms with E-state index in [0.29, 0.717) is 18.2 Å². The minimum atomic E-state index is -0.0393. The van der Waals surface area contributed by atoms with E-state index in [1.165, 1.54) is 0 Å². The lowest BCUT2D eigenvalue weighted by Crippen LogP contribution is -2.23. The molecule has 2 aromatic heterocycles. The molecule has 3 rings (SSSR count). The van der Waals surface area contributed by atoms with Crippen molar-refractivity contribution in [3.63, 3.8) is 0 Å². The molecule has 7 heteroatoms. The summed E-state index contributed by atoms with van der Waals surface area (Å²) >= 11 is 0. The number of methoxy groups -OCH3 is 1. The molecule has 7 nitrogen and oxygen atoms in total. The third-order valence-electron chi connectivity index (χ3n) is 3.82. The third kappa shape index (κ3) is 4.30. The van der Waals surface area contributed by atoms with E-state index in [1.807, 2.05) is 51.1 Å². The number of anilines is 1. The van der Waals surface area contributed by atoms with Crippen molar-refractivity contribution in [3.8, 4) is 17.3 Å². The predicted octanol–water partition coefficient (Wildman–Crippen LogP) is 3.17. The fourth-order valence-electron chi connectivity index (χ4n) is 2.58. The maximum atomic E-state index is 5.89. The lowest BCUT2D eigenvalue weighted by atomic mass is 10.3. The van der Waals surface area contributed by atoms with Gasteiger partial charge in [-0.3, -0.25) is 4.98 Å². The Bertz CT molecular complexity index is 861. The second-order valence-corrected chi connectivity index (χ2v) is 6.09. The fourth-order valence-corrected chi connectivity index (χ4v) is 2.58. The van der Waals surface area contributed by atoms with Crippen molar-refractivity contribution in [2.45, 2.75) is 26.9 Å². The highest BCUT2D eigenvalue weighted by molar-refractivity contribution is 5.37. The molecular weight excluding hydrogens is 330 g/mol. The summed E-state index contributed by atoms with van der Waals surface area (Å²) < 4.78 is 12.8. The maximum Gasteiger partial charge on any atom is 0.174 e. The zero-order chi connectivity index (χ0) is 18.5. The SMILES string of the molecule is COc1ccc(OC(C)CNc2cncc(-n3nc(C)cc3C)n2)cc1. The summed E-state index contributed by atoms with van der Waals surface area (Å²) in [5, 5.41) is 7.70. The van der Waals surface area contributed by atoms with Gasteiger partial charge in [0.05, 0.1) is 31.7 Å². The fraction of sp³-hybridized carbons (Fsp3) is 0.316. The lowest BCUT2D eigenvalue weighted by Gasteiger charge is -2.16. The van der Waals surface area contributed by atoms with Crippen molar-refractivity contribution >= 4 is 5.82 Å². The molecule has 0 radical (unpaired) electrons. The summed E-state index contributed by atoms with van der Waals surface area (Å²) in [4.78, 5) is 8.83. The predicted molar refractivity (Wildman–Crippen MR) is 100 cm³/mol. The highest BCUT2D eigenvalue weighted by Crippen LogP contribution is 2.18. The number of nitrogens with zero attached hydrogens (tertiary/aromatic N) is 4. The molecule has 1 aromatic carbocycles. The Labute approximate surface area is 153 Å². The zero-order valence-electron chi connectivity index (χ0n) is 15.4. The smallest absolute Gasteiger partial charge is 0.174 e. The van der Waals surface area contributed by atoms with Crippen molar-refractivity contribution in [1.82, 2.24) is 19.7 Å². The monoisotopic (exact) mass is 353 g/mol. The summed E-state index contributed by atoms with van der Waals surface area (Å²) in [6.45, 7) is 6.54. The maximum absolute atomic E-state index is 5.89. The lowest BCUT2D eigenvalue weighted by molar-refractivity contribution is 0.234. The standard InChI is InChI=1S/C19H23N5O2/c1-13-9-14(2)24(23-13)19-12-20-11-18(22-19)21-10-15(3)26-17-7-5-16(25-4)6-8-17/h5-9,11-12,15H,10H2,1-4H3,(H,21,22). The molecule has 3 aromatic rings. The van der Waals surface area contributed by atoms with Crippen LogP contribution in [-0.2, 0) is 0 Å². The molecule has 0 saturated carbocycles. The van der Waals surface area contributed by atoms with Gasteiger partial charge in [0.1, 0.15) is 23.4 Å². The van der Waals surface area contributed by atoms with Gasteiger partial charge in [-0.1, -0.05) is 0 Å². The van der Waals surface area contributed by atoms with Crippen molar-refractivity contribution in [2.75, 3.05) is 19.0 Å². The van der Waals surface area contributed by atoms with Crippen molar-refractivity contribution in [3.05, 3.63) is 54.1 Å². The molecule has 0 spiro atoms. The van der Waals surface area contributed by atoms with Crippen LogP contribution in [0.2, 0.25) is 0 Å². The molecular formula is C19H23N5O2. The van der Waals surface area contributed by atoms with E-state index in [2.05, 4.69) is 20.4 Å². The highest BCUT2D eigenvalue weighted by Gasteiger charge is 2.08. The molecule has 0 aliphatic carbocycles. The van der Waals surface area contributed by atoms with Crippen molar-refractivity contribution in [1.29, 1.82) is 0 Å². The van der Waals surface area contributed by atoms with Gasteiger partial charge in [0.15, 0.2) is 5.82 Å². The first-order valence-electron chi connectivity index (χ1n) is 8.45. The van der Waals surface area contributed by atoms with Crippen molar-refractivity contribution in [2.24, 2.45) is 0 Å². The van der Waals surface area contributed by atoms with E-state index in [1.54, 1.807) is 24.2 Å². The number of nitrogens with one attached hydrogen (secondary N) is 1. The Morgan fingerprint density at radius 2 is 1.85 bits per heavy atom. The van der Waals surface area contributed by atoms with E-state index in [-0.39, 0.29) is 6.10 Å². The van der Waals surface area contributed by atoms with Crippen LogP contribution in [0.15, 0.2) is 42.7 Å². The molecule has 0 amide bonds. The molecule has 26 heavy (non-hydrogen) atoms. The van der Waals surface area contributed by atoms with Gasteiger partial charge in [-0.05, 0) is 51.1 Å². The Balaban J connectivity index is 1.60. The molecule has 1 unspecified atom stereocenters. The summed E-state index contributed by atoms with van der Waals surface area (Å²) in [5.74, 6) is 2.96. The molecule has 0 aliphatic rings. The van der Waals surface area contributed by atoms with Crippen LogP contribution in [0.4, 0.5) is 5.82 Å². The number of aromatic nitrogens is 4. The highest BCUT2D eigenvalue weighted by atomic mass is 16.5. The van der Waals surface area contributed by atoms with Crippen LogP contribution in [0.25, 0.3) is 5.82 Å². The Hall–Kier alpha value is -3.09. The first-order chi connectivity index (χ1) is 12.5. The van der Waals surface area contributed by atoms with Crippen LogP contribution < -0.4 is 14.8 Å². The zero-order valence-corrected chi connectivity index (χ0v) is 15.4. The van der Waals surface area contributed by atoms with Crippen molar-refractivity contribution < 1.29 is 9.47 Å². The third-order valence-corrected chi connectivity index (χ3v) is 3.82. The number of benzene rings is 1. The van der Waals surface area contributed by atoms with Gasteiger partial charge in [0.2, 0.25) is 0 Å². The van der Waals surface area contributed by atoms with E-state index in [9.17, 15) is 0 Å². The summed E-state index contributed by atoms with van der Waals surface area (Å²) in [5.41, 5.74) is 1.97.